The number of methoxy groups -OCH3 is 1. The van der Waals surface area contributed by atoms with Gasteiger partial charge in [0.15, 0.2) is 0 Å². The molecule has 0 fully saturated rings. The lowest BCUT2D eigenvalue weighted by molar-refractivity contribution is -0.142. The van der Waals surface area contributed by atoms with Crippen LogP contribution in [0.2, 0.25) is 0 Å². The molecule has 0 aliphatic heterocycles. The Morgan fingerprint density at radius 2 is 1.72 bits per heavy atom. The Morgan fingerprint density at radius 1 is 1.11 bits per heavy atom. The first-order valence-electron chi connectivity index (χ1n) is 5.79. The molecule has 7 heteroatoms. The average Bonchev–Trinajstić information content (AvgIpc) is 2.33. The van der Waals surface area contributed by atoms with Crippen LogP contribution in [0.4, 0.5) is 0 Å². The SMILES string of the molecule is CCN(CC(=O)NCCNC(C)=O)CC(=O)OC. The Labute approximate surface area is 107 Å². The van der Waals surface area contributed by atoms with Crippen molar-refractivity contribution in [2.75, 3.05) is 39.8 Å². The van der Waals surface area contributed by atoms with E-state index in [2.05, 4.69) is 15.4 Å². The van der Waals surface area contributed by atoms with Crippen LogP contribution in [0.25, 0.3) is 0 Å². The van der Waals surface area contributed by atoms with Gasteiger partial charge in [-0.2, -0.15) is 0 Å². The van der Waals surface area contributed by atoms with E-state index >= 15 is 0 Å². The molecule has 0 spiro atoms. The van der Waals surface area contributed by atoms with Crippen molar-refractivity contribution in [3.63, 3.8) is 0 Å². The number of carbonyl (C=O) groups excluding carboxylic acids is 3. The molecular formula is C11H21N3O4. The van der Waals surface area contributed by atoms with Gasteiger partial charge in [-0.25, -0.2) is 0 Å². The molecular weight excluding hydrogens is 238 g/mol. The monoisotopic (exact) mass is 259 g/mol. The van der Waals surface area contributed by atoms with E-state index in [9.17, 15) is 14.4 Å². The third kappa shape index (κ3) is 8.51. The van der Waals surface area contributed by atoms with Gasteiger partial charge in [0.05, 0.1) is 20.2 Å². The maximum atomic E-state index is 11.5. The van der Waals surface area contributed by atoms with Crippen LogP contribution < -0.4 is 10.6 Å². The van der Waals surface area contributed by atoms with Gasteiger partial charge in [0.2, 0.25) is 11.8 Å². The smallest absolute Gasteiger partial charge is 0.319 e. The number of likely N-dealkylation sites (N-methyl/N-ethyl adjacent to an activating group) is 1. The molecule has 0 heterocycles. The van der Waals surface area contributed by atoms with Crippen molar-refractivity contribution in [3.05, 3.63) is 0 Å². The number of hydrogen-bond donors (Lipinski definition) is 2. The third-order valence-electron chi connectivity index (χ3n) is 2.22. The minimum Gasteiger partial charge on any atom is -0.468 e. The molecule has 18 heavy (non-hydrogen) atoms. The van der Waals surface area contributed by atoms with Gasteiger partial charge in [-0.3, -0.25) is 19.3 Å². The summed E-state index contributed by atoms with van der Waals surface area (Å²) in [6, 6.07) is 0. The Bertz CT molecular complexity index is 294. The molecule has 2 N–H and O–H groups in total. The number of esters is 1. The van der Waals surface area contributed by atoms with E-state index in [1.165, 1.54) is 14.0 Å². The zero-order valence-electron chi connectivity index (χ0n) is 11.1. The van der Waals surface area contributed by atoms with Crippen LogP contribution in [0, 0.1) is 0 Å². The van der Waals surface area contributed by atoms with Crippen LogP contribution in [0.3, 0.4) is 0 Å². The first-order chi connectivity index (χ1) is 8.49. The highest BCUT2D eigenvalue weighted by atomic mass is 16.5. The van der Waals surface area contributed by atoms with Crippen molar-refractivity contribution < 1.29 is 19.1 Å². The summed E-state index contributed by atoms with van der Waals surface area (Å²) in [7, 11) is 1.31. The molecule has 0 radical (unpaired) electrons. The van der Waals surface area contributed by atoms with Gasteiger partial charge in [0.1, 0.15) is 0 Å². The maximum Gasteiger partial charge on any atom is 0.319 e. The van der Waals surface area contributed by atoms with Crippen LogP contribution in [0.5, 0.6) is 0 Å². The van der Waals surface area contributed by atoms with E-state index in [4.69, 9.17) is 0 Å². The molecule has 0 atom stereocenters. The Kier molecular flexibility index (Phi) is 8.55. The highest BCUT2D eigenvalue weighted by Gasteiger charge is 2.12. The molecule has 0 saturated heterocycles. The van der Waals surface area contributed by atoms with Crippen LogP contribution in [0.1, 0.15) is 13.8 Å². The fraction of sp³-hybridized carbons (Fsp3) is 0.727. The van der Waals surface area contributed by atoms with Gasteiger partial charge >= 0.3 is 5.97 Å². The lowest BCUT2D eigenvalue weighted by Gasteiger charge is -2.18. The standard InChI is InChI=1S/C11H21N3O4/c1-4-14(8-11(17)18-3)7-10(16)13-6-5-12-9(2)15/h4-8H2,1-3H3,(H,12,15)(H,13,16). The van der Waals surface area contributed by atoms with Gasteiger partial charge in [0.25, 0.3) is 0 Å². The minimum atomic E-state index is -0.372. The van der Waals surface area contributed by atoms with Crippen LogP contribution in [-0.4, -0.2) is 62.5 Å². The summed E-state index contributed by atoms with van der Waals surface area (Å²) in [6.07, 6.45) is 0. The Morgan fingerprint density at radius 3 is 2.22 bits per heavy atom. The number of ether oxygens (including phenoxy) is 1. The predicted molar refractivity (Wildman–Crippen MR) is 65.8 cm³/mol. The Balaban J connectivity index is 3.82. The lowest BCUT2D eigenvalue weighted by atomic mass is 10.4. The number of nitrogens with zero attached hydrogens (tertiary/aromatic N) is 1. The van der Waals surface area contributed by atoms with Crippen molar-refractivity contribution in [1.82, 2.24) is 15.5 Å². The van der Waals surface area contributed by atoms with E-state index in [0.29, 0.717) is 19.6 Å². The second kappa shape index (κ2) is 9.41. The van der Waals surface area contributed by atoms with E-state index < -0.39 is 0 Å². The number of rotatable bonds is 8. The van der Waals surface area contributed by atoms with Gasteiger partial charge in [-0.05, 0) is 6.54 Å². The molecule has 0 aromatic carbocycles. The van der Waals surface area contributed by atoms with Crippen molar-refractivity contribution in [2.45, 2.75) is 13.8 Å². The van der Waals surface area contributed by atoms with E-state index in [-0.39, 0.29) is 30.9 Å². The Hall–Kier alpha value is -1.63. The summed E-state index contributed by atoms with van der Waals surface area (Å²) in [5.74, 6) is -0.695. The predicted octanol–water partition coefficient (Wildman–Crippen LogP) is -1.27. The summed E-state index contributed by atoms with van der Waals surface area (Å²) in [4.78, 5) is 34.8. The molecule has 0 saturated carbocycles. The summed E-state index contributed by atoms with van der Waals surface area (Å²) in [6.45, 7) is 4.83. The zero-order chi connectivity index (χ0) is 14.0. The second-order valence-corrected chi connectivity index (χ2v) is 3.71. The highest BCUT2D eigenvalue weighted by Crippen LogP contribution is 1.88. The summed E-state index contributed by atoms with van der Waals surface area (Å²) in [5.41, 5.74) is 0. The number of amides is 2. The topological polar surface area (TPSA) is 87.7 Å². The van der Waals surface area contributed by atoms with Gasteiger partial charge < -0.3 is 15.4 Å². The fourth-order valence-electron chi connectivity index (χ4n) is 1.23. The molecule has 0 aliphatic rings. The van der Waals surface area contributed by atoms with Crippen LogP contribution >= 0.6 is 0 Å². The molecule has 104 valence electrons. The molecule has 0 bridgehead atoms. The van der Waals surface area contributed by atoms with Gasteiger partial charge in [0, 0.05) is 20.0 Å². The number of carbonyl (C=O) groups is 3. The van der Waals surface area contributed by atoms with Crippen molar-refractivity contribution in [3.8, 4) is 0 Å². The van der Waals surface area contributed by atoms with Crippen molar-refractivity contribution in [2.24, 2.45) is 0 Å². The summed E-state index contributed by atoms with van der Waals surface area (Å²) < 4.78 is 4.53. The molecule has 7 nitrogen and oxygen atoms in total. The second-order valence-electron chi connectivity index (χ2n) is 3.71. The normalized spacial score (nSPS) is 10.0. The molecule has 0 rings (SSSR count). The lowest BCUT2D eigenvalue weighted by Crippen LogP contribution is -2.42. The number of nitrogens with one attached hydrogen (secondary N) is 2. The minimum absolute atomic E-state index is 0.0894. The molecule has 0 aromatic rings. The maximum absolute atomic E-state index is 11.5. The van der Waals surface area contributed by atoms with Crippen molar-refractivity contribution >= 4 is 17.8 Å². The van der Waals surface area contributed by atoms with Gasteiger partial charge in [-0.1, -0.05) is 6.92 Å². The first-order valence-corrected chi connectivity index (χ1v) is 5.79. The third-order valence-corrected chi connectivity index (χ3v) is 2.22. The molecule has 0 aliphatic carbocycles. The average molecular weight is 259 g/mol. The van der Waals surface area contributed by atoms with Crippen molar-refractivity contribution in [1.29, 1.82) is 0 Å². The van der Waals surface area contributed by atoms with E-state index in [0.717, 1.165) is 0 Å². The first kappa shape index (κ1) is 16.4. The van der Waals surface area contributed by atoms with Gasteiger partial charge in [-0.15, -0.1) is 0 Å². The molecule has 0 unspecified atom stereocenters. The largest absolute Gasteiger partial charge is 0.468 e. The quantitative estimate of drug-likeness (QED) is 0.419. The summed E-state index contributed by atoms with van der Waals surface area (Å²) >= 11 is 0. The molecule has 0 aromatic heterocycles. The van der Waals surface area contributed by atoms with Crippen LogP contribution in [0.15, 0.2) is 0 Å². The van der Waals surface area contributed by atoms with E-state index in [1.807, 2.05) is 6.92 Å². The molecule has 2 amide bonds. The number of hydrogen-bond acceptors (Lipinski definition) is 5. The van der Waals surface area contributed by atoms with E-state index in [1.54, 1.807) is 4.90 Å². The fourth-order valence-corrected chi connectivity index (χ4v) is 1.23. The summed E-state index contributed by atoms with van der Waals surface area (Å²) in [5, 5.41) is 5.21. The highest BCUT2D eigenvalue weighted by molar-refractivity contribution is 5.79. The zero-order valence-corrected chi connectivity index (χ0v) is 11.1. The van der Waals surface area contributed by atoms with Crippen LogP contribution in [-0.2, 0) is 19.1 Å².